The molecule has 6 rings (SSSR count). The predicted molar refractivity (Wildman–Crippen MR) is 129 cm³/mol. The number of thioether (sulfide) groups is 1. The van der Waals surface area contributed by atoms with Gasteiger partial charge in [0, 0.05) is 18.7 Å². The van der Waals surface area contributed by atoms with Crippen LogP contribution in [0.2, 0.25) is 0 Å². The van der Waals surface area contributed by atoms with Crippen molar-refractivity contribution < 1.29 is 19.7 Å². The summed E-state index contributed by atoms with van der Waals surface area (Å²) in [5.41, 5.74) is 4.25. The second-order valence-corrected chi connectivity index (χ2v) is 10.5. The van der Waals surface area contributed by atoms with E-state index >= 15 is 0 Å². The van der Waals surface area contributed by atoms with Crippen LogP contribution in [0.15, 0.2) is 59.5 Å². The summed E-state index contributed by atoms with van der Waals surface area (Å²) in [6, 6.07) is 17.0. The van der Waals surface area contributed by atoms with Crippen LogP contribution in [-0.4, -0.2) is 41.4 Å². The fourth-order valence-electron chi connectivity index (χ4n) is 5.19. The van der Waals surface area contributed by atoms with Gasteiger partial charge in [-0.05, 0) is 78.0 Å². The summed E-state index contributed by atoms with van der Waals surface area (Å²) in [5.74, 6) is 2.87. The first-order valence-electron chi connectivity index (χ1n) is 11.5. The maximum Gasteiger partial charge on any atom is 0.141 e. The maximum absolute atomic E-state index is 10.2. The van der Waals surface area contributed by atoms with Gasteiger partial charge in [0.15, 0.2) is 0 Å². The molecule has 0 saturated carbocycles. The molecular weight excluding hydrogens is 434 g/mol. The van der Waals surface area contributed by atoms with E-state index in [1.165, 1.54) is 6.42 Å². The lowest BCUT2D eigenvalue weighted by atomic mass is 9.83. The molecule has 2 N–H and O–H groups in total. The van der Waals surface area contributed by atoms with Gasteiger partial charge < -0.3 is 19.7 Å². The van der Waals surface area contributed by atoms with Gasteiger partial charge in [0.25, 0.3) is 0 Å². The van der Waals surface area contributed by atoms with Gasteiger partial charge in [-0.15, -0.1) is 11.8 Å². The van der Waals surface area contributed by atoms with E-state index < -0.39 is 0 Å². The highest BCUT2D eigenvalue weighted by atomic mass is 32.2. The third-order valence-corrected chi connectivity index (χ3v) is 8.19. The summed E-state index contributed by atoms with van der Waals surface area (Å²) in [6.07, 6.45) is 1.11. The molecule has 6 heteroatoms. The SMILES string of the molecule is C[C@@H]1CCN(CCOc2ccc3c(c2)-c2cc(O)ccc2[C@H]2Sc4cc(O)ccc4OC32)C1. The van der Waals surface area contributed by atoms with E-state index in [0.29, 0.717) is 6.61 Å². The Morgan fingerprint density at radius 1 is 1.00 bits per heavy atom. The van der Waals surface area contributed by atoms with Crippen LogP contribution in [0.5, 0.6) is 23.0 Å². The van der Waals surface area contributed by atoms with Crippen molar-refractivity contribution in [2.75, 3.05) is 26.2 Å². The van der Waals surface area contributed by atoms with E-state index in [2.05, 4.69) is 24.0 Å². The molecule has 170 valence electrons. The number of aromatic hydroxyl groups is 2. The minimum absolute atomic E-state index is 0.0336. The molecule has 1 fully saturated rings. The monoisotopic (exact) mass is 461 g/mol. The topological polar surface area (TPSA) is 62.2 Å². The molecule has 0 radical (unpaired) electrons. The lowest BCUT2D eigenvalue weighted by Gasteiger charge is -2.39. The minimum atomic E-state index is -0.153. The third kappa shape index (κ3) is 3.81. The number of rotatable bonds is 4. The Hall–Kier alpha value is -2.83. The Labute approximate surface area is 198 Å². The molecule has 3 aliphatic rings. The van der Waals surface area contributed by atoms with Gasteiger partial charge in [-0.3, -0.25) is 4.90 Å². The molecule has 0 bridgehead atoms. The van der Waals surface area contributed by atoms with Gasteiger partial charge in [0.1, 0.15) is 35.7 Å². The van der Waals surface area contributed by atoms with Crippen LogP contribution in [-0.2, 0) is 0 Å². The zero-order chi connectivity index (χ0) is 22.5. The van der Waals surface area contributed by atoms with E-state index in [1.807, 2.05) is 24.3 Å². The first-order valence-corrected chi connectivity index (χ1v) is 12.4. The van der Waals surface area contributed by atoms with Crippen LogP contribution < -0.4 is 9.47 Å². The van der Waals surface area contributed by atoms with Gasteiger partial charge >= 0.3 is 0 Å². The molecule has 2 heterocycles. The zero-order valence-electron chi connectivity index (χ0n) is 18.5. The molecule has 3 atom stereocenters. The van der Waals surface area contributed by atoms with Crippen LogP contribution in [0, 0.1) is 5.92 Å². The zero-order valence-corrected chi connectivity index (χ0v) is 19.3. The molecule has 3 aromatic carbocycles. The van der Waals surface area contributed by atoms with E-state index in [1.54, 1.807) is 30.0 Å². The van der Waals surface area contributed by atoms with Crippen molar-refractivity contribution in [3.05, 3.63) is 65.7 Å². The molecule has 1 aliphatic carbocycles. The molecule has 0 amide bonds. The van der Waals surface area contributed by atoms with Gasteiger partial charge in [0.05, 0.1) is 10.1 Å². The maximum atomic E-state index is 10.2. The number of phenolic OH excluding ortho intramolecular Hbond substituents is 2. The fraction of sp³-hybridized carbons (Fsp3) is 0.333. The number of benzene rings is 3. The molecule has 3 aromatic rings. The molecule has 0 spiro atoms. The number of ether oxygens (including phenoxy) is 2. The number of nitrogens with zero attached hydrogens (tertiary/aromatic N) is 1. The Morgan fingerprint density at radius 2 is 1.79 bits per heavy atom. The van der Waals surface area contributed by atoms with Crippen LogP contribution in [0.1, 0.15) is 35.8 Å². The summed E-state index contributed by atoms with van der Waals surface area (Å²) in [5, 5.41) is 20.2. The average molecular weight is 462 g/mol. The smallest absolute Gasteiger partial charge is 0.141 e. The molecule has 2 aliphatic heterocycles. The van der Waals surface area contributed by atoms with Crippen molar-refractivity contribution in [2.24, 2.45) is 5.92 Å². The van der Waals surface area contributed by atoms with E-state index in [4.69, 9.17) is 9.47 Å². The van der Waals surface area contributed by atoms with Crippen molar-refractivity contribution in [3.63, 3.8) is 0 Å². The van der Waals surface area contributed by atoms with E-state index in [-0.39, 0.29) is 22.9 Å². The Balaban J connectivity index is 1.32. The van der Waals surface area contributed by atoms with Crippen LogP contribution >= 0.6 is 11.8 Å². The summed E-state index contributed by atoms with van der Waals surface area (Å²) in [4.78, 5) is 3.39. The molecule has 1 saturated heterocycles. The standard InChI is InChI=1S/C27H27NO4S/c1-16-8-9-28(15-16)10-11-31-19-4-6-20-23(14-19)22-12-17(29)2-5-21(22)27-26(20)32-24-7-3-18(30)13-25(24)33-27/h2-7,12-14,16,26-27,29-30H,8-11,15H2,1H3/t16-,26?,27-/m1/s1. The number of hydrogen-bond acceptors (Lipinski definition) is 6. The van der Waals surface area contributed by atoms with Crippen molar-refractivity contribution >= 4 is 11.8 Å². The molecular formula is C27H27NO4S. The number of hydrogen-bond donors (Lipinski definition) is 2. The largest absolute Gasteiger partial charge is 0.508 e. The highest BCUT2D eigenvalue weighted by molar-refractivity contribution is 7.99. The summed E-state index contributed by atoms with van der Waals surface area (Å²) >= 11 is 1.70. The lowest BCUT2D eigenvalue weighted by molar-refractivity contribution is 0.189. The summed E-state index contributed by atoms with van der Waals surface area (Å²) in [7, 11) is 0. The van der Waals surface area contributed by atoms with Crippen molar-refractivity contribution in [1.82, 2.24) is 4.90 Å². The van der Waals surface area contributed by atoms with Crippen molar-refractivity contribution in [1.29, 1.82) is 0 Å². The number of fused-ring (bicyclic) bond motifs is 7. The Morgan fingerprint density at radius 3 is 2.64 bits per heavy atom. The second kappa shape index (κ2) is 8.19. The highest BCUT2D eigenvalue weighted by Gasteiger charge is 2.40. The van der Waals surface area contributed by atoms with Crippen LogP contribution in [0.4, 0.5) is 0 Å². The van der Waals surface area contributed by atoms with Gasteiger partial charge in [0.2, 0.25) is 0 Å². The quantitative estimate of drug-likeness (QED) is 0.515. The molecule has 5 nitrogen and oxygen atoms in total. The average Bonchev–Trinajstić information content (AvgIpc) is 3.23. The normalized spacial score (nSPS) is 23.1. The van der Waals surface area contributed by atoms with Crippen LogP contribution in [0.25, 0.3) is 11.1 Å². The van der Waals surface area contributed by atoms with E-state index in [0.717, 1.165) is 64.2 Å². The highest BCUT2D eigenvalue weighted by Crippen LogP contribution is 2.59. The van der Waals surface area contributed by atoms with E-state index in [9.17, 15) is 10.2 Å². The van der Waals surface area contributed by atoms with Gasteiger partial charge in [-0.1, -0.05) is 19.1 Å². The number of phenols is 2. The van der Waals surface area contributed by atoms with Gasteiger partial charge in [-0.25, -0.2) is 0 Å². The first kappa shape index (κ1) is 20.8. The van der Waals surface area contributed by atoms with Gasteiger partial charge in [-0.2, -0.15) is 0 Å². The predicted octanol–water partition coefficient (Wildman–Crippen LogP) is 5.77. The Kier molecular flexibility index (Phi) is 5.15. The minimum Gasteiger partial charge on any atom is -0.508 e. The molecule has 1 unspecified atom stereocenters. The number of likely N-dealkylation sites (tertiary alicyclic amines) is 1. The molecule has 0 aromatic heterocycles. The molecule has 33 heavy (non-hydrogen) atoms. The third-order valence-electron chi connectivity index (χ3n) is 6.86. The Bertz CT molecular complexity index is 1210. The second-order valence-electron chi connectivity index (χ2n) is 9.27. The fourth-order valence-corrected chi connectivity index (χ4v) is 6.54. The summed E-state index contributed by atoms with van der Waals surface area (Å²) < 4.78 is 12.6. The lowest BCUT2D eigenvalue weighted by Crippen LogP contribution is -2.26. The van der Waals surface area contributed by atoms with Crippen molar-refractivity contribution in [2.45, 2.75) is 29.6 Å². The van der Waals surface area contributed by atoms with Crippen molar-refractivity contribution in [3.8, 4) is 34.1 Å². The first-order chi connectivity index (χ1) is 16.0. The summed E-state index contributed by atoms with van der Waals surface area (Å²) in [6.45, 7) is 6.20. The van der Waals surface area contributed by atoms with Crippen LogP contribution in [0.3, 0.4) is 0 Å².